The molecule has 0 radical (unpaired) electrons. The Labute approximate surface area is 330 Å². The van der Waals surface area contributed by atoms with E-state index in [-0.39, 0.29) is 44.0 Å². The molecule has 0 saturated carbocycles. The smallest absolute Gasteiger partial charge is 0.422 e. The summed E-state index contributed by atoms with van der Waals surface area (Å²) < 4.78 is 41.4. The van der Waals surface area contributed by atoms with Crippen LogP contribution in [0.2, 0.25) is 0 Å². The minimum absolute atomic E-state index is 0.0202. The Kier molecular flexibility index (Phi) is 15.0. The highest BCUT2D eigenvalue weighted by Crippen LogP contribution is 2.56. The maximum atomic E-state index is 14.9. The van der Waals surface area contributed by atoms with Crippen LogP contribution in [-0.2, 0) is 21.7 Å². The van der Waals surface area contributed by atoms with E-state index in [1.807, 2.05) is 0 Å². The van der Waals surface area contributed by atoms with Crippen LogP contribution in [-0.4, -0.2) is 9.79 Å². The summed E-state index contributed by atoms with van der Waals surface area (Å²) in [6.45, 7) is 44.0. The fourth-order valence-electron chi connectivity index (χ4n) is 9.30. The van der Waals surface area contributed by atoms with E-state index in [1.165, 1.54) is 11.8 Å². The third kappa shape index (κ3) is 14.8. The van der Waals surface area contributed by atoms with E-state index < -0.39 is 28.2 Å². The summed E-state index contributed by atoms with van der Waals surface area (Å²) in [5.41, 5.74) is 2.14. The van der Waals surface area contributed by atoms with E-state index in [0.29, 0.717) is 9.79 Å². The molecule has 0 aliphatic rings. The van der Waals surface area contributed by atoms with E-state index in [2.05, 4.69) is 163 Å². The molecule has 0 saturated heterocycles. The Hall–Kier alpha value is -0.970. The highest BCUT2D eigenvalue weighted by molar-refractivity contribution is 7.99. The van der Waals surface area contributed by atoms with Crippen LogP contribution in [0.4, 0.5) is 8.39 Å². The predicted octanol–water partition coefficient (Wildman–Crippen LogP) is 15.8. The molecule has 2 atom stereocenters. The summed E-state index contributed by atoms with van der Waals surface area (Å²) in [7, 11) is -6.54. The van der Waals surface area contributed by atoms with Crippen molar-refractivity contribution in [3.63, 3.8) is 0 Å². The minimum Gasteiger partial charge on any atom is -0.422 e. The average molecular weight is 799 g/mol. The van der Waals surface area contributed by atoms with Crippen LogP contribution in [0.5, 0.6) is 11.5 Å². The van der Waals surface area contributed by atoms with Gasteiger partial charge in [0, 0.05) is 11.1 Å². The highest BCUT2D eigenvalue weighted by atomic mass is 32.2. The van der Waals surface area contributed by atoms with Crippen LogP contribution >= 0.6 is 29.1 Å². The molecular formula is C44H74F2O4P2S. The van der Waals surface area contributed by atoms with Gasteiger partial charge < -0.3 is 18.8 Å². The van der Waals surface area contributed by atoms with Gasteiger partial charge in [0.2, 0.25) is 0 Å². The fourth-order valence-corrected chi connectivity index (χ4v) is 11.2. The minimum atomic E-state index is -3.27. The molecule has 0 spiro atoms. The quantitative estimate of drug-likeness (QED) is 0.186. The first-order chi connectivity index (χ1) is 23.3. The fraction of sp³-hybridized carbons (Fsp3) is 0.727. The second-order valence-corrected chi connectivity index (χ2v) is 25.3. The normalized spacial score (nSPS) is 15.4. The number of rotatable bonds is 14. The lowest BCUT2D eigenvalue weighted by Crippen LogP contribution is -2.28. The monoisotopic (exact) mass is 798 g/mol. The third-order valence-corrected chi connectivity index (χ3v) is 11.3. The number of benzene rings is 2. The van der Waals surface area contributed by atoms with Gasteiger partial charge >= 0.3 is 17.4 Å². The Morgan fingerprint density at radius 1 is 0.453 bits per heavy atom. The van der Waals surface area contributed by atoms with Gasteiger partial charge in [-0.3, -0.25) is 0 Å². The zero-order valence-corrected chi connectivity index (χ0v) is 39.5. The Morgan fingerprint density at radius 3 is 0.925 bits per heavy atom. The van der Waals surface area contributed by atoms with Gasteiger partial charge in [0.25, 0.3) is 0 Å². The summed E-state index contributed by atoms with van der Waals surface area (Å²) in [5, 5.41) is 0. The lowest BCUT2D eigenvalue weighted by Gasteiger charge is -2.38. The predicted molar refractivity (Wildman–Crippen MR) is 227 cm³/mol. The number of hydrogen-bond acceptors (Lipinski definition) is 5. The van der Waals surface area contributed by atoms with Gasteiger partial charge in [-0.25, -0.2) is 0 Å². The molecule has 0 bridgehead atoms. The van der Waals surface area contributed by atoms with Crippen molar-refractivity contribution in [1.29, 1.82) is 0 Å². The second kappa shape index (κ2) is 16.5. The largest absolute Gasteiger partial charge is 0.436 e. The first kappa shape index (κ1) is 48.2. The molecule has 53 heavy (non-hydrogen) atoms. The topological polar surface area (TPSA) is 58.9 Å². The second-order valence-electron chi connectivity index (χ2n) is 22.9. The summed E-state index contributed by atoms with van der Waals surface area (Å²) in [5.74, 6) is 0.561. The molecular weight excluding hydrogens is 724 g/mol. The summed E-state index contributed by atoms with van der Waals surface area (Å²) >= 11 is 1.33. The van der Waals surface area contributed by atoms with Crippen LogP contribution in [0.1, 0.15) is 186 Å². The molecule has 2 unspecified atom stereocenters. The van der Waals surface area contributed by atoms with Crippen LogP contribution in [0.3, 0.4) is 0 Å². The number of halogens is 2. The molecule has 2 aromatic carbocycles. The Bertz CT molecular complexity index is 1440. The SMILES string of the molecule is CC(C)(C)CC(C)(C)c1cc(Sc2cc(C(C)(C)CC(C)(C)C)cc(C(C)(C)CC(C)(C)C)c2OP(O)F)c(OP(O)F)c(C(C)(C)CC(C)(C)C)c1. The van der Waals surface area contributed by atoms with Crippen molar-refractivity contribution < 1.29 is 27.2 Å². The third-order valence-electron chi connectivity index (χ3n) is 9.57. The molecule has 2 N–H and O–H groups in total. The standard InChI is InChI=1S/C44H74F2O4P2S/c1-37(2,3)25-41(13,14)29-21-31(43(17,18)27-39(7,8)9)35(49-51(45)47)33(23-29)53-34-24-30(42(15,16)26-38(4,5)6)22-32(36(34)50-52(46)48)44(19,20)28-40(10,11)12/h21-24,47-48H,25-28H2,1-20H3. The van der Waals surface area contributed by atoms with Gasteiger partial charge in [0.05, 0.1) is 9.79 Å². The number of hydrogen-bond donors (Lipinski definition) is 2. The van der Waals surface area contributed by atoms with Crippen molar-refractivity contribution >= 4 is 29.1 Å². The molecule has 0 aliphatic carbocycles. The first-order valence-electron chi connectivity index (χ1n) is 19.1. The molecule has 0 amide bonds. The van der Waals surface area contributed by atoms with E-state index in [1.54, 1.807) is 0 Å². The van der Waals surface area contributed by atoms with E-state index in [4.69, 9.17) is 9.05 Å². The highest BCUT2D eigenvalue weighted by Gasteiger charge is 2.39. The van der Waals surface area contributed by atoms with Crippen molar-refractivity contribution in [2.24, 2.45) is 21.7 Å². The van der Waals surface area contributed by atoms with Gasteiger partial charge in [-0.15, -0.1) is 8.39 Å². The molecule has 2 aromatic rings. The van der Waals surface area contributed by atoms with E-state index in [9.17, 15) is 18.2 Å². The molecule has 0 aliphatic heterocycles. The van der Waals surface area contributed by atoms with Crippen molar-refractivity contribution in [3.05, 3.63) is 46.5 Å². The molecule has 2 rings (SSSR count). The van der Waals surface area contributed by atoms with Crippen LogP contribution in [0.15, 0.2) is 34.1 Å². The van der Waals surface area contributed by atoms with Gasteiger partial charge in [0.1, 0.15) is 11.5 Å². The zero-order valence-electron chi connectivity index (χ0n) is 36.9. The Balaban J connectivity index is 3.25. The maximum absolute atomic E-state index is 14.9. The molecule has 4 nitrogen and oxygen atoms in total. The van der Waals surface area contributed by atoms with Gasteiger partial charge in [-0.1, -0.05) is 162 Å². The first-order valence-corrected chi connectivity index (χ1v) is 22.1. The summed E-state index contributed by atoms with van der Waals surface area (Å²) in [6, 6.07) is 8.38. The van der Waals surface area contributed by atoms with Crippen molar-refractivity contribution in [2.75, 3.05) is 0 Å². The van der Waals surface area contributed by atoms with E-state index >= 15 is 0 Å². The van der Waals surface area contributed by atoms with Crippen molar-refractivity contribution in [2.45, 2.75) is 196 Å². The van der Waals surface area contributed by atoms with Crippen LogP contribution in [0, 0.1) is 21.7 Å². The van der Waals surface area contributed by atoms with E-state index in [0.717, 1.165) is 47.9 Å². The van der Waals surface area contributed by atoms with Gasteiger partial charge in [-0.05, 0) is 92.3 Å². The van der Waals surface area contributed by atoms with Crippen LogP contribution in [0.25, 0.3) is 0 Å². The zero-order chi connectivity index (χ0) is 41.6. The lowest BCUT2D eigenvalue weighted by atomic mass is 9.68. The van der Waals surface area contributed by atoms with Crippen molar-refractivity contribution in [3.8, 4) is 11.5 Å². The average Bonchev–Trinajstić information content (AvgIpc) is 2.83. The summed E-state index contributed by atoms with van der Waals surface area (Å²) in [6.07, 6.45) is 3.30. The van der Waals surface area contributed by atoms with Crippen LogP contribution < -0.4 is 9.05 Å². The maximum Gasteiger partial charge on any atom is 0.436 e. The van der Waals surface area contributed by atoms with Gasteiger partial charge in [0.15, 0.2) is 0 Å². The molecule has 0 aromatic heterocycles. The summed E-state index contributed by atoms with van der Waals surface area (Å²) in [4.78, 5) is 21.7. The molecule has 0 fully saturated rings. The molecule has 9 heteroatoms. The Morgan fingerprint density at radius 2 is 0.698 bits per heavy atom. The van der Waals surface area contributed by atoms with Gasteiger partial charge in [-0.2, -0.15) is 0 Å². The van der Waals surface area contributed by atoms with Crippen molar-refractivity contribution in [1.82, 2.24) is 0 Å². The molecule has 0 heterocycles. The lowest BCUT2D eigenvalue weighted by molar-refractivity contribution is 0.274. The molecule has 304 valence electrons.